The number of hydrogen-bond acceptors (Lipinski definition) is 5. The molecule has 1 unspecified atom stereocenters. The van der Waals surface area contributed by atoms with E-state index in [9.17, 15) is 4.39 Å². The predicted molar refractivity (Wildman–Crippen MR) is 107 cm³/mol. The summed E-state index contributed by atoms with van der Waals surface area (Å²) in [5, 5.41) is 3.13. The van der Waals surface area contributed by atoms with Gasteiger partial charge in [-0.2, -0.15) is 0 Å². The lowest BCUT2D eigenvalue weighted by atomic mass is 10.00. The summed E-state index contributed by atoms with van der Waals surface area (Å²) in [5.41, 5.74) is 2.32. The van der Waals surface area contributed by atoms with E-state index >= 15 is 0 Å². The molecule has 0 bridgehead atoms. The second kappa shape index (κ2) is 6.99. The summed E-state index contributed by atoms with van der Waals surface area (Å²) in [6.07, 6.45) is 7.78. The van der Waals surface area contributed by atoms with E-state index in [1.165, 1.54) is 5.56 Å². The first-order valence-electron chi connectivity index (χ1n) is 7.96. The van der Waals surface area contributed by atoms with E-state index in [4.69, 9.17) is 0 Å². The molecule has 1 aromatic heterocycles. The predicted octanol–water partition coefficient (Wildman–Crippen LogP) is 2.94. The molecule has 128 valence electrons. The maximum atomic E-state index is 13.9. The van der Waals surface area contributed by atoms with Crippen LogP contribution in [0.2, 0.25) is 0 Å². The van der Waals surface area contributed by atoms with Crippen LogP contribution >= 0.6 is 20.7 Å². The summed E-state index contributed by atoms with van der Waals surface area (Å²) in [4.78, 5) is 15.5. The molecule has 1 N–H and O–H groups in total. The Hall–Kier alpha value is -2.16. The lowest BCUT2D eigenvalue weighted by molar-refractivity contribution is 0.602. The van der Waals surface area contributed by atoms with E-state index in [1.807, 2.05) is 18.3 Å². The zero-order chi connectivity index (χ0) is 17.2. The van der Waals surface area contributed by atoms with Crippen LogP contribution in [0.4, 0.5) is 10.2 Å². The van der Waals surface area contributed by atoms with Gasteiger partial charge in [0.15, 0.2) is 12.0 Å². The standard InChI is InChI=1S/C18H17FIN5/c1-20-15-10-13(19)9-12-11-25(8-4-14(12)15)16-3-7-23-18(24-16)17-21-5-2-6-22-17/h2-3,5-7,9-10,17,21H,1,4,8,11H2. The average molecular weight is 449 g/mol. The molecular formula is C18H17FIN5. The van der Waals surface area contributed by atoms with Crippen LogP contribution in [0.5, 0.6) is 0 Å². The zero-order valence-corrected chi connectivity index (χ0v) is 15.6. The van der Waals surface area contributed by atoms with Crippen LogP contribution in [0.15, 0.2) is 41.7 Å². The van der Waals surface area contributed by atoms with Crippen molar-refractivity contribution in [3.05, 3.63) is 63.0 Å². The highest BCUT2D eigenvalue weighted by Crippen LogP contribution is 2.29. The molecule has 0 saturated carbocycles. The summed E-state index contributed by atoms with van der Waals surface area (Å²) in [7, 11) is 0. The van der Waals surface area contributed by atoms with Gasteiger partial charge < -0.3 is 10.2 Å². The van der Waals surface area contributed by atoms with Crippen LogP contribution in [-0.2, 0) is 13.0 Å². The molecule has 7 heteroatoms. The minimum absolute atomic E-state index is 0.171. The van der Waals surface area contributed by atoms with Crippen molar-refractivity contribution >= 4 is 37.3 Å². The molecule has 2 aliphatic rings. The number of anilines is 1. The summed E-state index contributed by atoms with van der Waals surface area (Å²) < 4.78 is 19.0. The van der Waals surface area contributed by atoms with Gasteiger partial charge >= 0.3 is 0 Å². The molecule has 0 saturated heterocycles. The highest BCUT2D eigenvalue weighted by atomic mass is 127. The molecule has 2 aromatic rings. The van der Waals surface area contributed by atoms with E-state index in [1.54, 1.807) is 24.5 Å². The maximum absolute atomic E-state index is 13.9. The van der Waals surface area contributed by atoms with Gasteiger partial charge in [0.2, 0.25) is 0 Å². The van der Waals surface area contributed by atoms with Gasteiger partial charge in [-0.1, -0.05) is 25.2 Å². The number of halogens is 2. The van der Waals surface area contributed by atoms with E-state index in [0.717, 1.165) is 27.9 Å². The number of nitrogens with zero attached hydrogens (tertiary/aromatic N) is 4. The monoisotopic (exact) mass is 449 g/mol. The summed E-state index contributed by atoms with van der Waals surface area (Å²) in [6.45, 7) is 1.51. The number of fused-ring (bicyclic) bond motifs is 1. The smallest absolute Gasteiger partial charge is 0.179 e. The van der Waals surface area contributed by atoms with Crippen LogP contribution in [0.3, 0.4) is 0 Å². The molecule has 0 amide bonds. The van der Waals surface area contributed by atoms with E-state index in [-0.39, 0.29) is 32.7 Å². The molecule has 0 aliphatic carbocycles. The largest absolute Gasteiger partial charge is 0.364 e. The van der Waals surface area contributed by atoms with Gasteiger partial charge in [-0.25, -0.2) is 14.4 Å². The van der Waals surface area contributed by atoms with Gasteiger partial charge in [0.1, 0.15) is 11.6 Å². The van der Waals surface area contributed by atoms with Crippen molar-refractivity contribution in [1.82, 2.24) is 15.3 Å². The van der Waals surface area contributed by atoms with Crippen molar-refractivity contribution in [3.8, 4) is 0 Å². The van der Waals surface area contributed by atoms with Crippen molar-refractivity contribution in [2.75, 3.05) is 11.4 Å². The minimum atomic E-state index is -0.374. The molecule has 3 heterocycles. The molecule has 5 nitrogen and oxygen atoms in total. The molecule has 4 rings (SSSR count). The normalized spacial score (nSPS) is 18.8. The molecule has 1 atom stereocenters. The van der Waals surface area contributed by atoms with Gasteiger partial charge in [0.25, 0.3) is 0 Å². The molecule has 0 fully saturated rings. The van der Waals surface area contributed by atoms with Gasteiger partial charge in [-0.15, -0.1) is 0 Å². The third-order valence-electron chi connectivity index (χ3n) is 4.29. The van der Waals surface area contributed by atoms with Crippen molar-refractivity contribution in [2.24, 2.45) is 4.99 Å². The first kappa shape index (κ1) is 16.3. The number of aliphatic imine (C=N–C) groups is 1. The Morgan fingerprint density at radius 3 is 3.08 bits per heavy atom. The maximum Gasteiger partial charge on any atom is 0.179 e. The first-order chi connectivity index (χ1) is 12.2. The zero-order valence-electron chi connectivity index (χ0n) is 13.5. The lowest BCUT2D eigenvalue weighted by Crippen LogP contribution is -2.32. The second-order valence-corrected chi connectivity index (χ2v) is 7.75. The Labute approximate surface area is 155 Å². The lowest BCUT2D eigenvalue weighted by Gasteiger charge is -2.31. The van der Waals surface area contributed by atoms with Gasteiger partial charge in [-0.05, 0) is 41.8 Å². The van der Waals surface area contributed by atoms with E-state index < -0.39 is 0 Å². The van der Waals surface area contributed by atoms with Crippen LogP contribution in [0.25, 0.3) is 0 Å². The van der Waals surface area contributed by atoms with Crippen molar-refractivity contribution in [1.29, 1.82) is 0 Å². The Kier molecular flexibility index (Phi) is 4.56. The summed E-state index contributed by atoms with van der Waals surface area (Å²) >= 11 is -0.374. The molecule has 0 spiro atoms. The number of hydrogen-bond donors (Lipinski definition) is 1. The molecule has 0 radical (unpaired) electrons. The highest BCUT2D eigenvalue weighted by Gasteiger charge is 2.22. The number of nitrogens with one attached hydrogen (secondary N) is 1. The van der Waals surface area contributed by atoms with E-state index in [2.05, 4.69) is 29.7 Å². The fraction of sp³-hybridized carbons (Fsp3) is 0.222. The Bertz CT molecular complexity index is 880. The number of allylic oxidation sites excluding steroid dienone is 1. The number of rotatable bonds is 3. The molecule has 1 aromatic carbocycles. The Morgan fingerprint density at radius 1 is 1.36 bits per heavy atom. The van der Waals surface area contributed by atoms with Crippen LogP contribution in [0.1, 0.15) is 23.1 Å². The minimum Gasteiger partial charge on any atom is -0.364 e. The first-order valence-corrected chi connectivity index (χ1v) is 10.6. The van der Waals surface area contributed by atoms with Gasteiger partial charge in [0.05, 0.1) is 0 Å². The van der Waals surface area contributed by atoms with Crippen LogP contribution in [-0.4, -0.2) is 27.2 Å². The van der Waals surface area contributed by atoms with Crippen molar-refractivity contribution in [3.63, 3.8) is 0 Å². The Morgan fingerprint density at radius 2 is 2.28 bits per heavy atom. The summed E-state index contributed by atoms with van der Waals surface area (Å²) in [5.74, 6) is 1.31. The number of benzene rings is 1. The van der Waals surface area contributed by atoms with Crippen LogP contribution in [0, 0.1) is 9.39 Å². The summed E-state index contributed by atoms with van der Waals surface area (Å²) in [6, 6.07) is 5.19. The van der Waals surface area contributed by atoms with Crippen molar-refractivity contribution < 1.29 is 4.39 Å². The number of aromatic nitrogens is 2. The van der Waals surface area contributed by atoms with Crippen molar-refractivity contribution in [2.45, 2.75) is 19.1 Å². The quantitative estimate of drug-likeness (QED) is 0.733. The van der Waals surface area contributed by atoms with E-state index in [0.29, 0.717) is 12.4 Å². The van der Waals surface area contributed by atoms with Gasteiger partial charge in [0, 0.05) is 35.3 Å². The fourth-order valence-electron chi connectivity index (χ4n) is 3.11. The Balaban J connectivity index is 1.62. The molecule has 2 aliphatic heterocycles. The SMILES string of the molecule is C=Ic1cc(F)cc2c1CCN(c1ccnc(C3N=CC=CN3)n1)C2. The third kappa shape index (κ3) is 3.33. The highest BCUT2D eigenvalue weighted by molar-refractivity contribution is 14.2. The van der Waals surface area contributed by atoms with Crippen LogP contribution < -0.4 is 10.2 Å². The van der Waals surface area contributed by atoms with Gasteiger partial charge in [-0.3, -0.25) is 4.99 Å². The average Bonchev–Trinajstić information content (AvgIpc) is 2.67. The fourth-order valence-corrected chi connectivity index (χ4v) is 4.70. The third-order valence-corrected chi connectivity index (χ3v) is 6.07. The second-order valence-electron chi connectivity index (χ2n) is 5.83. The molecular weight excluding hydrogens is 432 g/mol. The molecule has 25 heavy (non-hydrogen) atoms. The topological polar surface area (TPSA) is 53.4 Å².